The van der Waals surface area contributed by atoms with Crippen LogP contribution in [0, 0.1) is 61.8 Å². The molecule has 0 bridgehead atoms. The summed E-state index contributed by atoms with van der Waals surface area (Å²) in [5, 5.41) is 10.3. The molecule has 1 fully saturated rings. The van der Waals surface area contributed by atoms with Gasteiger partial charge in [-0.2, -0.15) is 0 Å². The van der Waals surface area contributed by atoms with E-state index in [1.807, 2.05) is 19.9 Å². The molecule has 0 saturated heterocycles. The minimum absolute atomic E-state index is 0. The van der Waals surface area contributed by atoms with Crippen LogP contribution >= 0.6 is 0 Å². The van der Waals surface area contributed by atoms with E-state index in [1.54, 1.807) is 6.08 Å². The summed E-state index contributed by atoms with van der Waals surface area (Å²) in [7, 11) is 0. The Morgan fingerprint density at radius 3 is 2.74 bits per heavy atom. The van der Waals surface area contributed by atoms with Crippen LogP contribution < -0.4 is 0 Å². The zero-order chi connectivity index (χ0) is 15.3. The van der Waals surface area contributed by atoms with Crippen molar-refractivity contribution >= 4 is 5.78 Å². The van der Waals surface area contributed by atoms with E-state index in [2.05, 4.69) is 0 Å². The Morgan fingerprint density at radius 1 is 1.53 bits per heavy atom. The maximum Gasteiger partial charge on any atom is 0.138 e. The molecular formula is C16H28AcO2. The normalized spacial score (nSPS) is 29.2. The number of aliphatic hydroxyl groups is 1. The third kappa shape index (κ3) is 6.70. The van der Waals surface area contributed by atoms with Crippen molar-refractivity contribution in [2.24, 2.45) is 17.8 Å². The molecule has 1 aliphatic carbocycles. The molecule has 0 aliphatic heterocycles. The molecule has 0 heterocycles. The maximum atomic E-state index is 11.8. The van der Waals surface area contributed by atoms with Crippen molar-refractivity contribution < 1.29 is 58.1 Å². The molecule has 0 aromatic heterocycles. The molecule has 0 spiro atoms. The number of ketones is 1. The third-order valence-electron chi connectivity index (χ3n) is 3.63. The Kier molecular flexibility index (Phi) is 9.42. The van der Waals surface area contributed by atoms with Gasteiger partial charge in [0.25, 0.3) is 0 Å². The molecule has 3 heteroatoms. The number of allylic oxidation sites excluding steroid dienone is 4. The topological polar surface area (TPSA) is 37.3 Å². The van der Waals surface area contributed by atoms with Crippen LogP contribution in [-0.4, -0.2) is 17.0 Å². The molecule has 1 rings (SSSR count). The van der Waals surface area contributed by atoms with Gasteiger partial charge in [-0.1, -0.05) is 45.6 Å². The van der Waals surface area contributed by atoms with Gasteiger partial charge in [-0.25, -0.2) is 0 Å². The Balaban J connectivity index is 0. The third-order valence-corrected chi connectivity index (χ3v) is 3.63. The number of hydrogen-bond acceptors (Lipinski definition) is 2. The number of rotatable bonds is 5. The Morgan fingerprint density at radius 2 is 2.21 bits per heavy atom. The quantitative estimate of drug-likeness (QED) is 0.607. The van der Waals surface area contributed by atoms with E-state index in [-0.39, 0.29) is 75.0 Å². The number of Topliss-reactive ketones (excluding diaryl/α,β-unsaturated/α-hetero) is 1. The summed E-state index contributed by atoms with van der Waals surface area (Å²) in [5.41, 5.74) is 0. The fourth-order valence-electron chi connectivity index (χ4n) is 2.48. The first-order chi connectivity index (χ1) is 9.22. The molecule has 1 saturated carbocycles. The molecule has 2 nitrogen and oxygen atoms in total. The first-order valence-electron chi connectivity index (χ1n) is 7.77. The van der Waals surface area contributed by atoms with Gasteiger partial charge < -0.3 is 5.11 Å². The van der Waals surface area contributed by atoms with Crippen molar-refractivity contribution in [3.8, 4) is 0 Å². The van der Waals surface area contributed by atoms with Crippen LogP contribution in [0.5, 0.6) is 0 Å². The monoisotopic (exact) mass is 482 g/mol. The molecule has 1 unspecified atom stereocenters. The van der Waals surface area contributed by atoms with Crippen LogP contribution in [0.15, 0.2) is 24.3 Å². The van der Waals surface area contributed by atoms with Crippen LogP contribution in [0.4, 0.5) is 0 Å². The molecule has 107 valence electrons. The summed E-state index contributed by atoms with van der Waals surface area (Å²) < 4.78 is 21.0. The van der Waals surface area contributed by atoms with Gasteiger partial charge in [0.05, 0.1) is 6.10 Å². The van der Waals surface area contributed by atoms with Gasteiger partial charge >= 0.3 is 0 Å². The van der Waals surface area contributed by atoms with E-state index in [1.165, 1.54) is 6.08 Å². The van der Waals surface area contributed by atoms with Crippen molar-refractivity contribution in [3.63, 3.8) is 0 Å². The van der Waals surface area contributed by atoms with Crippen LogP contribution in [0.25, 0.3) is 0 Å². The molecule has 1 radical (unpaired) electrons. The average molecular weight is 482 g/mol. The molecule has 1 N–H and O–H groups in total. The predicted octanol–water partition coefficient (Wildman–Crippen LogP) is 3.76. The van der Waals surface area contributed by atoms with Crippen molar-refractivity contribution in [1.82, 2.24) is 0 Å². The minimum Gasteiger partial charge on any atom is -0.392 e. The Hall–Kier alpha value is 0.552. The largest absolute Gasteiger partial charge is 0.392 e. The Bertz CT molecular complexity index is 391. The average Bonchev–Trinajstić information content (AvgIpc) is 2.66. The summed E-state index contributed by atoms with van der Waals surface area (Å²) in [4.78, 5) is 11.8. The van der Waals surface area contributed by atoms with Crippen LogP contribution in [-0.2, 0) is 4.79 Å². The summed E-state index contributed by atoms with van der Waals surface area (Å²) in [6, 6.07) is 0. The van der Waals surface area contributed by atoms with Gasteiger partial charge in [-0.05, 0) is 31.5 Å². The SMILES string of the molecule is C.[2H]C([2H])([2H])C=CC=CC[C@@H](C)[C@@H](O)[C@H]1C(=O)CCC1C.[Ac]. The van der Waals surface area contributed by atoms with E-state index in [0.29, 0.717) is 12.8 Å². The number of carbonyl (C=O) groups is 1. The molecule has 1 aliphatic rings. The first kappa shape index (κ1) is 15.9. The molecule has 4 atom stereocenters. The van der Waals surface area contributed by atoms with Gasteiger partial charge in [0.1, 0.15) is 5.78 Å². The molecule has 0 aromatic carbocycles. The van der Waals surface area contributed by atoms with Crippen molar-refractivity contribution in [1.29, 1.82) is 0 Å². The van der Waals surface area contributed by atoms with E-state index in [0.717, 1.165) is 12.5 Å². The second-order valence-electron chi connectivity index (χ2n) is 5.00. The van der Waals surface area contributed by atoms with Crippen molar-refractivity contribution in [3.05, 3.63) is 24.3 Å². The van der Waals surface area contributed by atoms with E-state index >= 15 is 0 Å². The standard InChI is InChI=1S/C15H24O2.CH4.Ac/c1-4-5-6-7-8-12(3)15(17)14-11(2)9-10-13(14)16;;/h4-7,11-12,14-15,17H,8-10H2,1-3H3;1H4;/t11?,12-,14-,15-;;/m1../s1/i1D3;;. The molecule has 0 aromatic rings. The minimum atomic E-state index is -2.05. The van der Waals surface area contributed by atoms with Gasteiger partial charge in [0, 0.05) is 60.5 Å². The fourth-order valence-corrected chi connectivity index (χ4v) is 2.48. The smallest absolute Gasteiger partial charge is 0.138 e. The van der Waals surface area contributed by atoms with Gasteiger partial charge in [0.15, 0.2) is 0 Å². The van der Waals surface area contributed by atoms with Crippen LogP contribution in [0.3, 0.4) is 0 Å². The zero-order valence-corrected chi connectivity index (χ0v) is 15.9. The van der Waals surface area contributed by atoms with Gasteiger partial charge in [-0.15, -0.1) is 0 Å². The zero-order valence-electron chi connectivity index (χ0n) is 14.2. The summed E-state index contributed by atoms with van der Waals surface area (Å²) in [6.07, 6.45) is 7.62. The Labute approximate surface area is 158 Å². The summed E-state index contributed by atoms with van der Waals surface area (Å²) in [5.74, 6) is 0.167. The van der Waals surface area contributed by atoms with E-state index in [9.17, 15) is 9.90 Å². The van der Waals surface area contributed by atoms with Crippen molar-refractivity contribution in [2.45, 2.75) is 53.5 Å². The first-order valence-corrected chi connectivity index (χ1v) is 6.27. The van der Waals surface area contributed by atoms with Gasteiger partial charge in [0.2, 0.25) is 0 Å². The molecular weight excluding hydrogens is 451 g/mol. The van der Waals surface area contributed by atoms with Crippen molar-refractivity contribution in [2.75, 3.05) is 0 Å². The predicted molar refractivity (Wildman–Crippen MR) is 77.4 cm³/mol. The molecule has 0 amide bonds. The molecule has 19 heavy (non-hydrogen) atoms. The maximum absolute atomic E-state index is 11.8. The van der Waals surface area contributed by atoms with Gasteiger partial charge in [-0.3, -0.25) is 4.79 Å². The van der Waals surface area contributed by atoms with Crippen LogP contribution in [0.1, 0.15) is 51.5 Å². The van der Waals surface area contributed by atoms with E-state index in [4.69, 9.17) is 4.11 Å². The number of hydrogen-bond donors (Lipinski definition) is 1. The van der Waals surface area contributed by atoms with Crippen LogP contribution in [0.2, 0.25) is 0 Å². The number of carbonyl (C=O) groups excluding carboxylic acids is 1. The second-order valence-corrected chi connectivity index (χ2v) is 5.00. The van der Waals surface area contributed by atoms with E-state index < -0.39 is 13.0 Å². The second kappa shape index (κ2) is 11.2. The summed E-state index contributed by atoms with van der Waals surface area (Å²) >= 11 is 0. The number of aliphatic hydroxyl groups excluding tert-OH is 1. The fraction of sp³-hybridized carbons (Fsp3) is 0.688. The summed E-state index contributed by atoms with van der Waals surface area (Å²) in [6.45, 7) is 1.88.